The predicted molar refractivity (Wildman–Crippen MR) is 211 cm³/mol. The normalized spacial score (nSPS) is 47.2. The number of halogens is 4. The molecule has 336 valence electrons. The summed E-state index contributed by atoms with van der Waals surface area (Å²) in [6.07, 6.45) is 0.803. The predicted octanol–water partition coefficient (Wildman–Crippen LogP) is 8.56. The van der Waals surface area contributed by atoms with E-state index >= 15 is 0 Å². The van der Waals surface area contributed by atoms with Gasteiger partial charge in [-0.3, -0.25) is 4.99 Å². The Hall–Kier alpha value is -1.83. The molecule has 13 nitrogen and oxygen atoms in total. The molecule has 17 heteroatoms. The largest absolute Gasteiger partial charge is 0.416 e. The molecule has 8 heterocycles. The molecule has 2 N–H and O–H groups in total. The van der Waals surface area contributed by atoms with E-state index in [1.165, 1.54) is 6.07 Å². The van der Waals surface area contributed by atoms with E-state index in [0.29, 0.717) is 24.7 Å². The molecule has 2 unspecified atom stereocenters. The minimum absolute atomic E-state index is 0.0248. The van der Waals surface area contributed by atoms with Crippen LogP contribution in [-0.4, -0.2) is 79.7 Å². The van der Waals surface area contributed by atoms with E-state index in [1.54, 1.807) is 0 Å². The average Bonchev–Trinajstić information content (AvgIpc) is 3.55. The third-order valence-electron chi connectivity index (χ3n) is 15.5. The number of hydrogen-bond donors (Lipinski definition) is 2. The molecule has 4 bridgehead atoms. The fourth-order valence-electron chi connectivity index (χ4n) is 12.4. The van der Waals surface area contributed by atoms with Gasteiger partial charge < -0.3 is 39.1 Å². The number of benzene rings is 1. The highest BCUT2D eigenvalue weighted by Crippen LogP contribution is 2.65. The minimum Gasteiger partial charge on any atom is -0.354 e. The maximum atomic E-state index is 13.7. The van der Waals surface area contributed by atoms with E-state index < -0.39 is 59.2 Å². The highest BCUT2D eigenvalue weighted by Gasteiger charge is 2.75. The number of alkyl halides is 3. The molecule has 10 fully saturated rings. The molecule has 60 heavy (non-hydrogen) atoms. The van der Waals surface area contributed by atoms with Crippen molar-refractivity contribution in [3.63, 3.8) is 0 Å². The zero-order valence-electron chi connectivity index (χ0n) is 35.6. The summed E-state index contributed by atoms with van der Waals surface area (Å²) in [6.45, 7) is 15.2. The Labute approximate surface area is 355 Å². The number of fused-ring (bicyclic) bond motifs is 4. The number of rotatable bonds is 9. The van der Waals surface area contributed by atoms with Crippen LogP contribution in [0.25, 0.3) is 0 Å². The number of aliphatic imine (C=N–C) groups is 1. The number of nitrogens with one attached hydrogen (secondary N) is 2. The maximum Gasteiger partial charge on any atom is 0.416 e. The van der Waals surface area contributed by atoms with Crippen molar-refractivity contribution in [1.29, 1.82) is 0 Å². The number of ether oxygens (including phenoxy) is 6. The van der Waals surface area contributed by atoms with E-state index in [1.807, 2.05) is 20.8 Å². The van der Waals surface area contributed by atoms with Crippen LogP contribution >= 0.6 is 11.6 Å². The van der Waals surface area contributed by atoms with E-state index in [4.69, 9.17) is 64.6 Å². The zero-order valence-corrected chi connectivity index (χ0v) is 36.4. The number of hydrogen-bond acceptors (Lipinski definition) is 11. The smallest absolute Gasteiger partial charge is 0.354 e. The second-order valence-corrected chi connectivity index (χ2v) is 19.7. The van der Waals surface area contributed by atoms with Crippen molar-refractivity contribution in [2.45, 2.75) is 153 Å². The Balaban J connectivity index is 0.874. The van der Waals surface area contributed by atoms with Crippen molar-refractivity contribution in [2.75, 3.05) is 31.6 Å². The van der Waals surface area contributed by atoms with Crippen LogP contribution in [0.2, 0.25) is 5.02 Å². The molecular formula is C43H61ClF3N3O10. The van der Waals surface area contributed by atoms with Gasteiger partial charge in [0.25, 0.3) is 0 Å². The van der Waals surface area contributed by atoms with Crippen LogP contribution in [0.5, 0.6) is 0 Å². The molecule has 10 aliphatic rings. The Bertz CT molecular complexity index is 1800. The van der Waals surface area contributed by atoms with Crippen molar-refractivity contribution < 1.29 is 61.1 Å². The standard InChI is InChI=1S/C43H61ClF3N3O10/c1-23-8-11-30-25(3)34(53-36-41(30)28(23)14-16-38(5,55-36)57-59-41)51-20-18-48-37(50-33-22-27(43(45,46)47)10-13-32(33)44)49-19-21-52-35-26(4)31-12-9-24(2)29-15-17-39(6)56-40(7,54-35)42(29,31)60-58-39/h10,13,22-26,28-31,34-36H,8-9,11-12,14-21H2,1-7H3,(H2,48,49,50)/t23-,24-,25-,26-,28+,29+,30+,31+,34+,35-,36-,38+,39+,40-,41?,42?/m1/s1. The number of anilines is 1. The quantitative estimate of drug-likeness (QED) is 0.107. The lowest BCUT2D eigenvalue weighted by Crippen LogP contribution is -2.76. The lowest BCUT2D eigenvalue weighted by atomic mass is 9.55. The van der Waals surface area contributed by atoms with E-state index in [2.05, 4.69) is 38.3 Å². The van der Waals surface area contributed by atoms with Crippen LogP contribution in [0.15, 0.2) is 23.2 Å². The lowest BCUT2D eigenvalue weighted by molar-refractivity contribution is -0.605. The highest BCUT2D eigenvalue weighted by atomic mass is 35.5. The van der Waals surface area contributed by atoms with Crippen LogP contribution in [-0.2, 0) is 54.1 Å². The summed E-state index contributed by atoms with van der Waals surface area (Å²) in [6, 6.07) is 3.12. The Morgan fingerprint density at radius 1 is 0.800 bits per heavy atom. The van der Waals surface area contributed by atoms with Crippen molar-refractivity contribution in [3.8, 4) is 0 Å². The summed E-state index contributed by atoms with van der Waals surface area (Å²) in [5.74, 6) is -1.38. The Kier molecular flexibility index (Phi) is 11.4. The van der Waals surface area contributed by atoms with Gasteiger partial charge in [-0.25, -0.2) is 19.6 Å². The number of guanidine groups is 1. The average molecular weight is 872 g/mol. The van der Waals surface area contributed by atoms with Crippen molar-refractivity contribution >= 4 is 23.2 Å². The fourth-order valence-corrected chi connectivity index (χ4v) is 12.5. The molecule has 0 amide bonds. The molecular weight excluding hydrogens is 811 g/mol. The minimum atomic E-state index is -4.56. The van der Waals surface area contributed by atoms with Gasteiger partial charge in [-0.05, 0) is 101 Å². The van der Waals surface area contributed by atoms with Gasteiger partial charge in [0.1, 0.15) is 0 Å². The first kappa shape index (κ1) is 43.4. The number of nitrogens with zero attached hydrogens (tertiary/aromatic N) is 1. The monoisotopic (exact) mass is 871 g/mol. The first-order chi connectivity index (χ1) is 28.4. The molecule has 8 saturated heterocycles. The summed E-state index contributed by atoms with van der Waals surface area (Å²) >= 11 is 6.41. The van der Waals surface area contributed by atoms with Gasteiger partial charge in [0.05, 0.1) is 36.0 Å². The molecule has 0 aromatic heterocycles. The molecule has 16 atom stereocenters. The molecule has 11 rings (SSSR count). The lowest BCUT2D eigenvalue weighted by Gasteiger charge is -2.64. The van der Waals surface area contributed by atoms with Crippen LogP contribution in [0.3, 0.4) is 0 Å². The van der Waals surface area contributed by atoms with Gasteiger partial charge in [0, 0.05) is 43.1 Å². The third kappa shape index (κ3) is 7.19. The maximum absolute atomic E-state index is 13.7. The van der Waals surface area contributed by atoms with Crippen molar-refractivity contribution in [3.05, 3.63) is 28.8 Å². The molecule has 2 aliphatic carbocycles. The van der Waals surface area contributed by atoms with E-state index in [9.17, 15) is 13.2 Å². The zero-order chi connectivity index (χ0) is 42.5. The fraction of sp³-hybridized carbons (Fsp3) is 0.837. The molecule has 2 saturated carbocycles. The van der Waals surface area contributed by atoms with Gasteiger partial charge >= 0.3 is 6.18 Å². The van der Waals surface area contributed by atoms with Crippen LogP contribution < -0.4 is 10.6 Å². The third-order valence-corrected chi connectivity index (χ3v) is 15.8. The van der Waals surface area contributed by atoms with Gasteiger partial charge in [0.2, 0.25) is 17.4 Å². The summed E-state index contributed by atoms with van der Waals surface area (Å²) in [5, 5.41) is 6.30. The van der Waals surface area contributed by atoms with Crippen LogP contribution in [0, 0.1) is 47.3 Å². The van der Waals surface area contributed by atoms with Gasteiger partial charge in [-0.1, -0.05) is 39.3 Å². The van der Waals surface area contributed by atoms with Gasteiger partial charge in [-0.2, -0.15) is 13.2 Å². The van der Waals surface area contributed by atoms with E-state index in [0.717, 1.165) is 50.7 Å². The van der Waals surface area contributed by atoms with Gasteiger partial charge in [0.15, 0.2) is 36.0 Å². The summed E-state index contributed by atoms with van der Waals surface area (Å²) < 4.78 is 80.5. The second kappa shape index (κ2) is 15.7. The molecule has 2 spiro atoms. The van der Waals surface area contributed by atoms with Crippen molar-refractivity contribution in [1.82, 2.24) is 5.32 Å². The Morgan fingerprint density at radius 2 is 1.48 bits per heavy atom. The SMILES string of the molecule is C[C@H]1[C@@H](OCCNC(=NCCO[C@@H]2O[C@]3(C)O[C@]4(C)CC[C@H]5[C@H](C)CC[C@@H]([C@H]2C)C53OO4)Nc2cc(C(F)(F)F)ccc2Cl)O[C@@H]2O[C@]3(C)CC[C@H]4[C@H](C)CC[C@@H]1C24OO3. The first-order valence-corrected chi connectivity index (χ1v) is 22.4. The van der Waals surface area contributed by atoms with Crippen molar-refractivity contribution in [2.24, 2.45) is 52.3 Å². The highest BCUT2D eigenvalue weighted by molar-refractivity contribution is 6.33. The van der Waals surface area contributed by atoms with E-state index in [-0.39, 0.29) is 78.5 Å². The first-order valence-electron chi connectivity index (χ1n) is 22.0. The summed E-state index contributed by atoms with van der Waals surface area (Å²) in [5.41, 5.74) is -2.27. The molecule has 1 aromatic rings. The second-order valence-electron chi connectivity index (χ2n) is 19.3. The Morgan fingerprint density at radius 3 is 2.27 bits per heavy atom. The summed E-state index contributed by atoms with van der Waals surface area (Å²) in [7, 11) is 0. The molecule has 1 aromatic carbocycles. The molecule has 0 radical (unpaired) electrons. The van der Waals surface area contributed by atoms with Crippen LogP contribution in [0.1, 0.15) is 105 Å². The van der Waals surface area contributed by atoms with Gasteiger partial charge in [-0.15, -0.1) is 0 Å². The molecule has 8 aliphatic heterocycles. The van der Waals surface area contributed by atoms with Crippen LogP contribution in [0.4, 0.5) is 18.9 Å². The topological polar surface area (TPSA) is 129 Å². The summed E-state index contributed by atoms with van der Waals surface area (Å²) in [4.78, 5) is 29.3.